The Labute approximate surface area is 256 Å². The predicted molar refractivity (Wildman–Crippen MR) is 153 cm³/mol. The van der Waals surface area contributed by atoms with Gasteiger partial charge in [0.2, 0.25) is 12.2 Å². The van der Waals surface area contributed by atoms with Gasteiger partial charge in [-0.15, -0.1) is 0 Å². The molecule has 3 aromatic carbocycles. The van der Waals surface area contributed by atoms with Crippen LogP contribution in [-0.2, 0) is 35.2 Å². The van der Waals surface area contributed by atoms with Gasteiger partial charge in [-0.2, -0.15) is 0 Å². The van der Waals surface area contributed by atoms with Gasteiger partial charge in [-0.3, -0.25) is 14.4 Å². The lowest BCUT2D eigenvalue weighted by atomic mass is 10.1. The lowest BCUT2D eigenvalue weighted by Gasteiger charge is -2.24. The zero-order valence-corrected chi connectivity index (χ0v) is 24.6. The van der Waals surface area contributed by atoms with Crippen LogP contribution in [0, 0.1) is 0 Å². The third-order valence-electron chi connectivity index (χ3n) is 5.86. The van der Waals surface area contributed by atoms with E-state index in [1.54, 1.807) is 30.3 Å². The molecule has 236 valence electrons. The number of carboxylic acids is 1. The van der Waals surface area contributed by atoms with Crippen LogP contribution in [0.2, 0.25) is 0 Å². The summed E-state index contributed by atoms with van der Waals surface area (Å²) < 4.78 is 30.8. The largest absolute Gasteiger partial charge is 0.493 e. The zero-order valence-electron chi connectivity index (χ0n) is 24.6. The van der Waals surface area contributed by atoms with E-state index in [-0.39, 0.29) is 40.7 Å². The summed E-state index contributed by atoms with van der Waals surface area (Å²) in [5.41, 5.74) is 0.213. The predicted octanol–water partition coefficient (Wildman–Crippen LogP) is 2.71. The van der Waals surface area contributed by atoms with Gasteiger partial charge < -0.3 is 38.8 Å². The molecule has 0 spiro atoms. The first kappa shape index (κ1) is 33.6. The van der Waals surface area contributed by atoms with Crippen LogP contribution in [0.25, 0.3) is 0 Å². The van der Waals surface area contributed by atoms with Crippen molar-refractivity contribution in [2.45, 2.75) is 32.6 Å². The van der Waals surface area contributed by atoms with E-state index in [0.29, 0.717) is 5.56 Å². The van der Waals surface area contributed by atoms with Crippen LogP contribution in [0.3, 0.4) is 0 Å². The molecule has 0 heterocycles. The first-order valence-electron chi connectivity index (χ1n) is 13.1. The van der Waals surface area contributed by atoms with E-state index in [9.17, 15) is 33.9 Å². The topological polar surface area (TPSA) is 190 Å². The van der Waals surface area contributed by atoms with Crippen LogP contribution >= 0.6 is 0 Å². The van der Waals surface area contributed by atoms with Gasteiger partial charge in [0.05, 0.1) is 25.3 Å². The highest BCUT2D eigenvalue weighted by Crippen LogP contribution is 2.30. The first-order valence-corrected chi connectivity index (χ1v) is 13.1. The van der Waals surface area contributed by atoms with Crippen molar-refractivity contribution < 1.29 is 62.3 Å². The fourth-order valence-electron chi connectivity index (χ4n) is 3.81. The van der Waals surface area contributed by atoms with E-state index in [4.69, 9.17) is 28.4 Å². The van der Waals surface area contributed by atoms with E-state index < -0.39 is 48.0 Å². The van der Waals surface area contributed by atoms with Crippen molar-refractivity contribution in [3.63, 3.8) is 0 Å². The average molecular weight is 624 g/mol. The Kier molecular flexibility index (Phi) is 11.6. The molecule has 0 aromatic heterocycles. The molecule has 14 nitrogen and oxygen atoms in total. The fourth-order valence-corrected chi connectivity index (χ4v) is 3.81. The van der Waals surface area contributed by atoms with Crippen LogP contribution in [0.4, 0.5) is 0 Å². The molecule has 45 heavy (non-hydrogen) atoms. The quantitative estimate of drug-likeness (QED) is 0.209. The standard InChI is InChI=1S/C31H29NO13/c1-17(33)42-22-12-10-20(14-24(22)40-3)30(38)44-26(28(35)32-16-19-8-6-5-7-9-19)27(29(36)37)45-31(39)21-11-13-23(43-18(2)34)25(15-21)41-4/h5-15,26-27H,16H2,1-4H3,(H,32,35)(H,36,37)/t26-,27+/m1/s1. The van der Waals surface area contributed by atoms with Crippen molar-refractivity contribution in [2.75, 3.05) is 14.2 Å². The Morgan fingerprint density at radius 3 is 1.56 bits per heavy atom. The second-order valence-corrected chi connectivity index (χ2v) is 9.11. The Morgan fingerprint density at radius 2 is 1.13 bits per heavy atom. The van der Waals surface area contributed by atoms with E-state index in [1.165, 1.54) is 38.5 Å². The number of ether oxygens (including phenoxy) is 6. The summed E-state index contributed by atoms with van der Waals surface area (Å²) in [5.74, 6) is -6.69. The highest BCUT2D eigenvalue weighted by atomic mass is 16.6. The van der Waals surface area contributed by atoms with Gasteiger partial charge in [-0.05, 0) is 42.0 Å². The molecule has 0 radical (unpaired) electrons. The van der Waals surface area contributed by atoms with Gasteiger partial charge in [0, 0.05) is 20.4 Å². The number of hydrogen-bond donors (Lipinski definition) is 2. The second-order valence-electron chi connectivity index (χ2n) is 9.11. The maximum atomic E-state index is 13.3. The van der Waals surface area contributed by atoms with Crippen molar-refractivity contribution in [1.29, 1.82) is 0 Å². The van der Waals surface area contributed by atoms with Gasteiger partial charge in [-0.25, -0.2) is 14.4 Å². The number of hydrogen-bond acceptors (Lipinski definition) is 12. The fraction of sp³-hybridized carbons (Fsp3) is 0.226. The zero-order chi connectivity index (χ0) is 33.1. The Bertz CT molecular complexity index is 1590. The summed E-state index contributed by atoms with van der Waals surface area (Å²) in [6, 6.07) is 15.7. The van der Waals surface area contributed by atoms with E-state index >= 15 is 0 Å². The molecule has 0 aliphatic rings. The molecule has 3 rings (SSSR count). The maximum Gasteiger partial charge on any atom is 0.349 e. The van der Waals surface area contributed by atoms with Gasteiger partial charge in [0.1, 0.15) is 0 Å². The molecule has 0 aliphatic carbocycles. The molecule has 14 heteroatoms. The third kappa shape index (κ3) is 9.28. The lowest BCUT2D eigenvalue weighted by molar-refractivity contribution is -0.159. The highest BCUT2D eigenvalue weighted by molar-refractivity contribution is 5.97. The van der Waals surface area contributed by atoms with Gasteiger partial charge >= 0.3 is 29.8 Å². The van der Waals surface area contributed by atoms with Crippen LogP contribution < -0.4 is 24.3 Å². The number of carbonyl (C=O) groups excluding carboxylic acids is 5. The molecular formula is C31H29NO13. The first-order chi connectivity index (χ1) is 21.4. The second kappa shape index (κ2) is 15.5. The van der Waals surface area contributed by atoms with Crippen molar-refractivity contribution in [2.24, 2.45) is 0 Å². The summed E-state index contributed by atoms with van der Waals surface area (Å²) in [4.78, 5) is 74.6. The molecule has 0 saturated heterocycles. The number of nitrogens with one attached hydrogen (secondary N) is 1. The minimum Gasteiger partial charge on any atom is -0.493 e. The number of esters is 4. The van der Waals surface area contributed by atoms with Crippen LogP contribution in [0.5, 0.6) is 23.0 Å². The molecular weight excluding hydrogens is 594 g/mol. The molecule has 2 N–H and O–H groups in total. The van der Waals surface area contributed by atoms with E-state index in [2.05, 4.69) is 5.32 Å². The van der Waals surface area contributed by atoms with Crippen LogP contribution in [0.1, 0.15) is 40.1 Å². The number of carboxylic acid groups (broad SMARTS) is 1. The number of amides is 1. The number of carbonyl (C=O) groups is 6. The van der Waals surface area contributed by atoms with Crippen LogP contribution in [-0.4, -0.2) is 67.3 Å². The number of methoxy groups -OCH3 is 2. The molecule has 1 amide bonds. The summed E-state index contributed by atoms with van der Waals surface area (Å²) in [6.07, 6.45) is -4.50. The molecule has 0 unspecified atom stereocenters. The summed E-state index contributed by atoms with van der Waals surface area (Å²) in [5, 5.41) is 12.5. The van der Waals surface area contributed by atoms with Gasteiger partial charge in [0.15, 0.2) is 23.0 Å². The van der Waals surface area contributed by atoms with Crippen molar-refractivity contribution in [3.05, 3.63) is 83.4 Å². The van der Waals surface area contributed by atoms with Crippen molar-refractivity contribution in [3.8, 4) is 23.0 Å². The smallest absolute Gasteiger partial charge is 0.349 e. The summed E-state index contributed by atoms with van der Waals surface area (Å²) >= 11 is 0. The minimum absolute atomic E-state index is 0.00815. The SMILES string of the molecule is COc1cc(C(=O)O[C@H](C(=O)O)[C@@H](OC(=O)c2ccc(OC(C)=O)c(OC)c2)C(=O)NCc2ccccc2)ccc1OC(C)=O. The van der Waals surface area contributed by atoms with Gasteiger partial charge in [0.25, 0.3) is 5.91 Å². The minimum atomic E-state index is -2.32. The van der Waals surface area contributed by atoms with Crippen molar-refractivity contribution >= 4 is 35.8 Å². The maximum absolute atomic E-state index is 13.3. The molecule has 2 atom stereocenters. The van der Waals surface area contributed by atoms with Crippen molar-refractivity contribution in [1.82, 2.24) is 5.32 Å². The lowest BCUT2D eigenvalue weighted by Crippen LogP contribution is -2.50. The molecule has 0 fully saturated rings. The molecule has 3 aromatic rings. The average Bonchev–Trinajstić information content (AvgIpc) is 3.01. The highest BCUT2D eigenvalue weighted by Gasteiger charge is 2.41. The Balaban J connectivity index is 1.93. The Morgan fingerprint density at radius 1 is 0.667 bits per heavy atom. The molecule has 0 aliphatic heterocycles. The molecule has 0 saturated carbocycles. The summed E-state index contributed by atoms with van der Waals surface area (Å²) in [6.45, 7) is 2.25. The van der Waals surface area contributed by atoms with Crippen LogP contribution in [0.15, 0.2) is 66.7 Å². The molecule has 0 bridgehead atoms. The monoisotopic (exact) mass is 623 g/mol. The summed E-state index contributed by atoms with van der Waals surface area (Å²) in [7, 11) is 2.50. The number of aliphatic carboxylic acids is 1. The normalized spacial score (nSPS) is 11.6. The number of benzene rings is 3. The van der Waals surface area contributed by atoms with Gasteiger partial charge in [-0.1, -0.05) is 30.3 Å². The Hall–Kier alpha value is -5.92. The third-order valence-corrected chi connectivity index (χ3v) is 5.86. The van der Waals surface area contributed by atoms with E-state index in [0.717, 1.165) is 26.0 Å². The number of rotatable bonds is 13. The van der Waals surface area contributed by atoms with E-state index in [1.807, 2.05) is 0 Å².